The fourth-order valence-electron chi connectivity index (χ4n) is 3.97. The monoisotopic (exact) mass is 395 g/mol. The highest BCUT2D eigenvalue weighted by molar-refractivity contribution is 5.94. The minimum absolute atomic E-state index is 0. The Morgan fingerprint density at radius 3 is 2.43 bits per heavy atom. The molecule has 0 radical (unpaired) electrons. The smallest absolute Gasteiger partial charge is 0.248 e. The number of primary amides is 1. The van der Waals surface area contributed by atoms with Gasteiger partial charge in [-0.1, -0.05) is 42.5 Å². The van der Waals surface area contributed by atoms with Gasteiger partial charge < -0.3 is 5.73 Å². The van der Waals surface area contributed by atoms with E-state index in [1.807, 2.05) is 24.3 Å². The average molecular weight is 396 g/mol. The quantitative estimate of drug-likeness (QED) is 0.620. The van der Waals surface area contributed by atoms with Crippen LogP contribution in [-0.4, -0.2) is 5.91 Å². The molecule has 0 aromatic heterocycles. The minimum atomic E-state index is -0.411. The van der Waals surface area contributed by atoms with Crippen molar-refractivity contribution in [2.24, 2.45) is 11.7 Å². The summed E-state index contributed by atoms with van der Waals surface area (Å²) in [5.74, 6) is 0.0463. The maximum Gasteiger partial charge on any atom is 0.248 e. The van der Waals surface area contributed by atoms with Crippen LogP contribution in [0.25, 0.3) is 11.1 Å². The zero-order chi connectivity index (χ0) is 18.8. The van der Waals surface area contributed by atoms with E-state index in [2.05, 4.69) is 24.3 Å². The maximum absolute atomic E-state index is 13.4. The molecule has 1 atom stereocenters. The lowest BCUT2D eigenvalue weighted by molar-refractivity contribution is 0.100. The zero-order valence-electron chi connectivity index (χ0n) is 15.5. The fraction of sp³-hybridized carbons (Fsp3) is 0.208. The van der Waals surface area contributed by atoms with Crippen molar-refractivity contribution in [3.05, 3.63) is 94.8 Å². The van der Waals surface area contributed by atoms with E-state index >= 15 is 0 Å². The van der Waals surface area contributed by atoms with Crippen LogP contribution in [0.1, 0.15) is 33.5 Å². The Labute approximate surface area is 171 Å². The SMILES string of the molecule is Cl.NC(=O)c1cccc(-c2ccc(CC[C@H]3Cc4ccc(F)cc4C3)cc2)c1. The van der Waals surface area contributed by atoms with Gasteiger partial charge in [-0.05, 0) is 83.7 Å². The molecule has 1 amide bonds. The molecule has 0 spiro atoms. The van der Waals surface area contributed by atoms with Gasteiger partial charge in [0.1, 0.15) is 5.82 Å². The van der Waals surface area contributed by atoms with Crippen LogP contribution in [0.2, 0.25) is 0 Å². The fourth-order valence-corrected chi connectivity index (χ4v) is 3.97. The highest BCUT2D eigenvalue weighted by Crippen LogP contribution is 2.30. The molecule has 0 bridgehead atoms. The van der Waals surface area contributed by atoms with Gasteiger partial charge in [0.25, 0.3) is 0 Å². The normalized spacial score (nSPS) is 15.0. The molecule has 0 fully saturated rings. The summed E-state index contributed by atoms with van der Waals surface area (Å²) in [6, 6.07) is 21.0. The third-order valence-corrected chi connectivity index (χ3v) is 5.46. The predicted octanol–water partition coefficient (Wildman–Crippen LogP) is 5.36. The van der Waals surface area contributed by atoms with Crippen molar-refractivity contribution >= 4 is 18.3 Å². The van der Waals surface area contributed by atoms with Crippen molar-refractivity contribution in [2.75, 3.05) is 0 Å². The van der Waals surface area contributed by atoms with E-state index in [0.717, 1.165) is 36.8 Å². The molecule has 0 heterocycles. The molecule has 144 valence electrons. The maximum atomic E-state index is 13.4. The molecule has 0 unspecified atom stereocenters. The second-order valence-corrected chi connectivity index (χ2v) is 7.37. The van der Waals surface area contributed by atoms with E-state index in [-0.39, 0.29) is 18.2 Å². The Bertz CT molecular complexity index is 984. The van der Waals surface area contributed by atoms with E-state index in [9.17, 15) is 9.18 Å². The number of amides is 1. The third kappa shape index (κ3) is 4.42. The van der Waals surface area contributed by atoms with Crippen LogP contribution in [-0.2, 0) is 19.3 Å². The average Bonchev–Trinajstić information content (AvgIpc) is 3.09. The number of hydrogen-bond donors (Lipinski definition) is 1. The molecule has 4 rings (SSSR count). The molecule has 1 aliphatic rings. The highest BCUT2D eigenvalue weighted by Gasteiger charge is 2.21. The lowest BCUT2D eigenvalue weighted by Gasteiger charge is -2.10. The number of halogens is 2. The summed E-state index contributed by atoms with van der Waals surface area (Å²) < 4.78 is 13.4. The number of carbonyl (C=O) groups is 1. The van der Waals surface area contributed by atoms with Crippen molar-refractivity contribution in [1.29, 1.82) is 0 Å². The molecule has 0 saturated heterocycles. The Hall–Kier alpha value is -2.65. The van der Waals surface area contributed by atoms with Gasteiger partial charge in [-0.2, -0.15) is 0 Å². The Morgan fingerprint density at radius 2 is 1.68 bits per heavy atom. The number of hydrogen-bond acceptors (Lipinski definition) is 1. The summed E-state index contributed by atoms with van der Waals surface area (Å²) in [6.45, 7) is 0. The molecule has 3 aromatic carbocycles. The second-order valence-electron chi connectivity index (χ2n) is 7.37. The number of nitrogens with two attached hydrogens (primary N) is 1. The van der Waals surface area contributed by atoms with Gasteiger partial charge in [-0.15, -0.1) is 12.4 Å². The van der Waals surface area contributed by atoms with Gasteiger partial charge >= 0.3 is 0 Å². The van der Waals surface area contributed by atoms with Crippen LogP contribution < -0.4 is 5.73 Å². The number of fused-ring (bicyclic) bond motifs is 1. The van der Waals surface area contributed by atoms with Crippen LogP contribution in [0, 0.1) is 11.7 Å². The largest absolute Gasteiger partial charge is 0.366 e. The zero-order valence-corrected chi connectivity index (χ0v) is 16.3. The molecule has 1 aliphatic carbocycles. The Balaban J connectivity index is 0.00000225. The predicted molar refractivity (Wildman–Crippen MR) is 113 cm³/mol. The number of aryl methyl sites for hydroxylation is 1. The van der Waals surface area contributed by atoms with Crippen LogP contribution in [0.5, 0.6) is 0 Å². The van der Waals surface area contributed by atoms with Crippen molar-refractivity contribution in [3.8, 4) is 11.1 Å². The van der Waals surface area contributed by atoms with Crippen LogP contribution in [0.3, 0.4) is 0 Å². The highest BCUT2D eigenvalue weighted by atomic mass is 35.5. The van der Waals surface area contributed by atoms with Crippen molar-refractivity contribution in [2.45, 2.75) is 25.7 Å². The molecule has 0 saturated carbocycles. The molecule has 28 heavy (non-hydrogen) atoms. The van der Waals surface area contributed by atoms with Gasteiger partial charge in [-0.3, -0.25) is 4.79 Å². The molecule has 3 aromatic rings. The Morgan fingerprint density at radius 1 is 0.929 bits per heavy atom. The van der Waals surface area contributed by atoms with Gasteiger partial charge in [0.2, 0.25) is 5.91 Å². The first-order chi connectivity index (χ1) is 13.1. The van der Waals surface area contributed by atoms with Crippen molar-refractivity contribution < 1.29 is 9.18 Å². The standard InChI is InChI=1S/C24H22FNO.ClH/c25-23-11-10-20-12-17(13-22(20)15-23)5-4-16-6-8-18(9-7-16)19-2-1-3-21(14-19)24(26)27;/h1-3,6-11,14-15,17H,4-5,12-13H2,(H2,26,27);1H/t17-;/m0./s1. The third-order valence-electron chi connectivity index (χ3n) is 5.46. The van der Waals surface area contributed by atoms with E-state index < -0.39 is 5.91 Å². The van der Waals surface area contributed by atoms with Crippen LogP contribution >= 0.6 is 12.4 Å². The van der Waals surface area contributed by atoms with Crippen LogP contribution in [0.4, 0.5) is 4.39 Å². The summed E-state index contributed by atoms with van der Waals surface area (Å²) in [7, 11) is 0. The number of carbonyl (C=O) groups excluding carboxylic acids is 1. The minimum Gasteiger partial charge on any atom is -0.366 e. The van der Waals surface area contributed by atoms with Gasteiger partial charge in [0, 0.05) is 5.56 Å². The summed E-state index contributed by atoms with van der Waals surface area (Å²) in [4.78, 5) is 11.4. The number of benzene rings is 3. The van der Waals surface area contributed by atoms with Crippen molar-refractivity contribution in [1.82, 2.24) is 0 Å². The van der Waals surface area contributed by atoms with Gasteiger partial charge in [0.05, 0.1) is 0 Å². The second kappa shape index (κ2) is 8.57. The van der Waals surface area contributed by atoms with Gasteiger partial charge in [-0.25, -0.2) is 4.39 Å². The van der Waals surface area contributed by atoms with Crippen LogP contribution in [0.15, 0.2) is 66.7 Å². The first-order valence-electron chi connectivity index (χ1n) is 9.35. The summed E-state index contributed by atoms with van der Waals surface area (Å²) in [5.41, 5.74) is 11.7. The van der Waals surface area contributed by atoms with E-state index in [0.29, 0.717) is 11.5 Å². The van der Waals surface area contributed by atoms with E-state index in [1.165, 1.54) is 16.7 Å². The molecule has 0 aliphatic heterocycles. The molecular formula is C24H23ClFNO. The molecule has 2 N–H and O–H groups in total. The summed E-state index contributed by atoms with van der Waals surface area (Å²) in [6.07, 6.45) is 4.15. The first kappa shape index (κ1) is 20.1. The molecular weight excluding hydrogens is 373 g/mol. The Kier molecular flexibility index (Phi) is 6.15. The lowest BCUT2D eigenvalue weighted by atomic mass is 9.95. The molecule has 4 heteroatoms. The van der Waals surface area contributed by atoms with E-state index in [1.54, 1.807) is 18.2 Å². The first-order valence-corrected chi connectivity index (χ1v) is 9.35. The number of rotatable bonds is 5. The van der Waals surface area contributed by atoms with E-state index in [4.69, 9.17) is 5.73 Å². The van der Waals surface area contributed by atoms with Gasteiger partial charge in [0.15, 0.2) is 0 Å². The van der Waals surface area contributed by atoms with Crippen molar-refractivity contribution in [3.63, 3.8) is 0 Å². The lowest BCUT2D eigenvalue weighted by Crippen LogP contribution is -2.10. The molecule has 2 nitrogen and oxygen atoms in total. The summed E-state index contributed by atoms with van der Waals surface area (Å²) in [5, 5.41) is 0. The topological polar surface area (TPSA) is 43.1 Å². The summed E-state index contributed by atoms with van der Waals surface area (Å²) >= 11 is 0.